The lowest BCUT2D eigenvalue weighted by Crippen LogP contribution is -2.37. The number of ether oxygens (including phenoxy) is 2. The molecule has 1 fully saturated rings. The quantitative estimate of drug-likeness (QED) is 0.662. The number of carbonyl (C=O) groups excluding carboxylic acids is 1. The fraction of sp³-hybridized carbons (Fsp3) is 0.611. The third-order valence-electron chi connectivity index (χ3n) is 4.45. The first-order chi connectivity index (χ1) is 12.5. The lowest BCUT2D eigenvalue weighted by molar-refractivity contribution is -0.116. The van der Waals surface area contributed by atoms with Crippen molar-refractivity contribution in [1.29, 1.82) is 0 Å². The number of methoxy groups -OCH3 is 2. The van der Waals surface area contributed by atoms with Crippen LogP contribution in [0.4, 0.5) is 5.69 Å². The highest BCUT2D eigenvalue weighted by atomic mass is 32.2. The molecule has 1 saturated heterocycles. The van der Waals surface area contributed by atoms with Gasteiger partial charge in [0.25, 0.3) is 0 Å². The predicted molar refractivity (Wildman–Crippen MR) is 101 cm³/mol. The van der Waals surface area contributed by atoms with E-state index in [1.165, 1.54) is 7.11 Å². The minimum absolute atomic E-state index is 0.1000. The van der Waals surface area contributed by atoms with Gasteiger partial charge in [-0.05, 0) is 37.8 Å². The molecule has 26 heavy (non-hydrogen) atoms. The van der Waals surface area contributed by atoms with Crippen molar-refractivity contribution in [2.24, 2.45) is 0 Å². The van der Waals surface area contributed by atoms with Gasteiger partial charge in [0.2, 0.25) is 15.9 Å². The molecular formula is C18H28N2O5S. The Morgan fingerprint density at radius 1 is 1.12 bits per heavy atom. The van der Waals surface area contributed by atoms with Crippen molar-refractivity contribution in [1.82, 2.24) is 4.31 Å². The number of nitrogens with one attached hydrogen (secondary N) is 1. The Morgan fingerprint density at radius 3 is 2.50 bits per heavy atom. The summed E-state index contributed by atoms with van der Waals surface area (Å²) >= 11 is 0. The zero-order valence-corrected chi connectivity index (χ0v) is 16.3. The molecule has 146 valence electrons. The van der Waals surface area contributed by atoms with E-state index >= 15 is 0 Å². The molecule has 1 aliphatic heterocycles. The third-order valence-corrected chi connectivity index (χ3v) is 6.40. The van der Waals surface area contributed by atoms with Crippen molar-refractivity contribution >= 4 is 21.6 Å². The standard InChI is InChI=1S/C18H28N2O5S/c1-24-15-9-10-17(25-2)16(14-15)19-18(21)8-4-7-13-26(22,23)20-11-5-3-6-12-20/h9-10,14H,3-8,11-13H2,1-2H3,(H,19,21). The van der Waals surface area contributed by atoms with Gasteiger partial charge in [-0.1, -0.05) is 6.42 Å². The van der Waals surface area contributed by atoms with Crippen molar-refractivity contribution in [3.8, 4) is 11.5 Å². The number of benzene rings is 1. The Bertz CT molecular complexity index is 700. The molecule has 0 aromatic heterocycles. The summed E-state index contributed by atoms with van der Waals surface area (Å²) in [5.74, 6) is 1.09. The lowest BCUT2D eigenvalue weighted by Gasteiger charge is -2.25. The van der Waals surface area contributed by atoms with Crippen molar-refractivity contribution in [3.63, 3.8) is 0 Å². The summed E-state index contributed by atoms with van der Waals surface area (Å²) in [6.07, 6.45) is 4.22. The summed E-state index contributed by atoms with van der Waals surface area (Å²) in [5, 5.41) is 2.79. The van der Waals surface area contributed by atoms with Crippen LogP contribution in [-0.4, -0.2) is 51.7 Å². The Kier molecular flexibility index (Phi) is 7.71. The number of amides is 1. The summed E-state index contributed by atoms with van der Waals surface area (Å²) < 4.78 is 36.5. The van der Waals surface area contributed by atoms with E-state index in [0.717, 1.165) is 19.3 Å². The maximum Gasteiger partial charge on any atom is 0.224 e. The molecule has 1 aromatic carbocycles. The highest BCUT2D eigenvalue weighted by molar-refractivity contribution is 7.89. The number of nitrogens with zero attached hydrogens (tertiary/aromatic N) is 1. The smallest absolute Gasteiger partial charge is 0.224 e. The van der Waals surface area contributed by atoms with Crippen LogP contribution < -0.4 is 14.8 Å². The third kappa shape index (κ3) is 5.88. The Labute approximate surface area is 155 Å². The number of anilines is 1. The normalized spacial score (nSPS) is 15.5. The number of unbranched alkanes of at least 4 members (excludes halogenated alkanes) is 1. The fourth-order valence-electron chi connectivity index (χ4n) is 2.97. The molecule has 0 spiro atoms. The average molecular weight is 384 g/mol. The summed E-state index contributed by atoms with van der Waals surface area (Å²) in [5.41, 5.74) is 0.540. The second-order valence-electron chi connectivity index (χ2n) is 6.35. The molecule has 1 aliphatic rings. The maximum atomic E-state index is 12.3. The van der Waals surface area contributed by atoms with Crippen LogP contribution in [-0.2, 0) is 14.8 Å². The zero-order valence-electron chi connectivity index (χ0n) is 15.5. The fourth-order valence-corrected chi connectivity index (χ4v) is 4.61. The summed E-state index contributed by atoms with van der Waals surface area (Å²) in [6.45, 7) is 1.25. The van der Waals surface area contributed by atoms with Crippen LogP contribution in [0.25, 0.3) is 0 Å². The maximum absolute atomic E-state index is 12.3. The lowest BCUT2D eigenvalue weighted by atomic mass is 10.2. The van der Waals surface area contributed by atoms with E-state index in [0.29, 0.717) is 43.1 Å². The first-order valence-electron chi connectivity index (χ1n) is 8.96. The monoisotopic (exact) mass is 384 g/mol. The number of carbonyl (C=O) groups is 1. The van der Waals surface area contributed by atoms with Gasteiger partial charge in [0, 0.05) is 25.6 Å². The molecule has 0 radical (unpaired) electrons. The number of rotatable bonds is 9. The van der Waals surface area contributed by atoms with E-state index < -0.39 is 10.0 Å². The Morgan fingerprint density at radius 2 is 1.85 bits per heavy atom. The predicted octanol–water partition coefficient (Wildman–Crippen LogP) is 2.63. The first-order valence-corrected chi connectivity index (χ1v) is 10.6. The van der Waals surface area contributed by atoms with Gasteiger partial charge in [-0.2, -0.15) is 0 Å². The van der Waals surface area contributed by atoms with Gasteiger partial charge in [-0.25, -0.2) is 12.7 Å². The Balaban J connectivity index is 1.78. The van der Waals surface area contributed by atoms with Gasteiger partial charge in [0.15, 0.2) is 0 Å². The van der Waals surface area contributed by atoms with E-state index in [4.69, 9.17) is 9.47 Å². The highest BCUT2D eigenvalue weighted by Gasteiger charge is 2.23. The van der Waals surface area contributed by atoms with E-state index in [1.54, 1.807) is 29.6 Å². The number of sulfonamides is 1. The van der Waals surface area contributed by atoms with Crippen molar-refractivity contribution in [2.45, 2.75) is 38.5 Å². The first kappa shape index (κ1) is 20.5. The van der Waals surface area contributed by atoms with Crippen LogP contribution in [0.5, 0.6) is 11.5 Å². The summed E-state index contributed by atoms with van der Waals surface area (Å²) in [7, 11) is -0.112. The van der Waals surface area contributed by atoms with Gasteiger partial charge in [0.1, 0.15) is 11.5 Å². The van der Waals surface area contributed by atoms with Crippen LogP contribution in [0.15, 0.2) is 18.2 Å². The second-order valence-corrected chi connectivity index (χ2v) is 8.44. The van der Waals surface area contributed by atoms with Crippen LogP contribution >= 0.6 is 0 Å². The topological polar surface area (TPSA) is 84.9 Å². The summed E-state index contributed by atoms with van der Waals surface area (Å²) in [4.78, 5) is 12.1. The molecular weight excluding hydrogens is 356 g/mol. The molecule has 0 unspecified atom stereocenters. The second kappa shape index (κ2) is 9.78. The SMILES string of the molecule is COc1ccc(OC)c(NC(=O)CCCCS(=O)(=O)N2CCCCC2)c1. The zero-order chi connectivity index (χ0) is 19.0. The minimum atomic E-state index is -3.19. The van der Waals surface area contributed by atoms with E-state index in [1.807, 2.05) is 0 Å². The molecule has 7 nitrogen and oxygen atoms in total. The van der Waals surface area contributed by atoms with Gasteiger partial charge >= 0.3 is 0 Å². The number of hydrogen-bond acceptors (Lipinski definition) is 5. The van der Waals surface area contributed by atoms with Crippen molar-refractivity contribution in [3.05, 3.63) is 18.2 Å². The van der Waals surface area contributed by atoms with Gasteiger partial charge < -0.3 is 14.8 Å². The molecule has 2 rings (SSSR count). The molecule has 1 amide bonds. The van der Waals surface area contributed by atoms with Crippen molar-refractivity contribution < 1.29 is 22.7 Å². The van der Waals surface area contributed by atoms with Gasteiger partial charge in [-0.15, -0.1) is 0 Å². The molecule has 1 aromatic rings. The minimum Gasteiger partial charge on any atom is -0.497 e. The molecule has 0 bridgehead atoms. The van der Waals surface area contributed by atoms with Gasteiger partial charge in [-0.3, -0.25) is 4.79 Å². The van der Waals surface area contributed by atoms with E-state index in [-0.39, 0.29) is 18.1 Å². The molecule has 0 aliphatic carbocycles. The van der Waals surface area contributed by atoms with Crippen LogP contribution in [0.3, 0.4) is 0 Å². The van der Waals surface area contributed by atoms with Crippen LogP contribution in [0.1, 0.15) is 38.5 Å². The molecule has 0 atom stereocenters. The van der Waals surface area contributed by atoms with Crippen LogP contribution in [0.2, 0.25) is 0 Å². The van der Waals surface area contributed by atoms with E-state index in [9.17, 15) is 13.2 Å². The number of hydrogen-bond donors (Lipinski definition) is 1. The molecule has 0 saturated carbocycles. The Hall–Kier alpha value is -1.80. The number of piperidine rings is 1. The molecule has 1 heterocycles. The summed E-state index contributed by atoms with van der Waals surface area (Å²) in [6, 6.07) is 5.16. The molecule has 8 heteroatoms. The van der Waals surface area contributed by atoms with E-state index in [2.05, 4.69) is 5.32 Å². The van der Waals surface area contributed by atoms with Crippen molar-refractivity contribution in [2.75, 3.05) is 38.4 Å². The largest absolute Gasteiger partial charge is 0.497 e. The van der Waals surface area contributed by atoms with Gasteiger partial charge in [0.05, 0.1) is 25.7 Å². The average Bonchev–Trinajstić information content (AvgIpc) is 2.66. The molecule has 1 N–H and O–H groups in total. The van der Waals surface area contributed by atoms with Crippen LogP contribution in [0, 0.1) is 0 Å². The highest BCUT2D eigenvalue weighted by Crippen LogP contribution is 2.29.